The number of aromatic nitrogens is 2. The summed E-state index contributed by atoms with van der Waals surface area (Å²) in [6, 6.07) is 2.01. The molecule has 2 rings (SSSR count). The van der Waals surface area contributed by atoms with Gasteiger partial charge in [-0.05, 0) is 50.9 Å². The third kappa shape index (κ3) is 5.33. The van der Waals surface area contributed by atoms with E-state index < -0.39 is 0 Å². The Kier molecular flexibility index (Phi) is 6.71. The molecule has 0 radical (unpaired) electrons. The van der Waals surface area contributed by atoms with E-state index in [1.807, 2.05) is 31.0 Å². The molecule has 1 fully saturated rings. The lowest BCUT2D eigenvalue weighted by molar-refractivity contribution is 0.191. The summed E-state index contributed by atoms with van der Waals surface area (Å²) >= 11 is 0. The molecule has 2 N–H and O–H groups in total. The van der Waals surface area contributed by atoms with Crippen molar-refractivity contribution in [1.29, 1.82) is 0 Å². The number of aryl methyl sites for hydroxylation is 1. The Morgan fingerprint density at radius 2 is 2.14 bits per heavy atom. The van der Waals surface area contributed by atoms with Crippen molar-refractivity contribution in [3.63, 3.8) is 0 Å². The summed E-state index contributed by atoms with van der Waals surface area (Å²) in [6.45, 7) is 7.75. The molecule has 0 atom stereocenters. The highest BCUT2D eigenvalue weighted by Gasteiger charge is 2.14. The van der Waals surface area contributed by atoms with Crippen LogP contribution in [0.4, 0.5) is 0 Å². The van der Waals surface area contributed by atoms with Gasteiger partial charge in [0.2, 0.25) is 0 Å². The van der Waals surface area contributed by atoms with Crippen LogP contribution < -0.4 is 10.6 Å². The van der Waals surface area contributed by atoms with Gasteiger partial charge in [-0.1, -0.05) is 6.92 Å². The van der Waals surface area contributed by atoms with Gasteiger partial charge in [-0.25, -0.2) is 0 Å². The molecule has 1 aromatic rings. The first kappa shape index (κ1) is 16.8. The lowest BCUT2D eigenvalue weighted by atomic mass is 9.99. The zero-order valence-corrected chi connectivity index (χ0v) is 14.2. The number of rotatable bonds is 6. The average Bonchev–Trinajstić information content (AvgIpc) is 2.93. The predicted molar refractivity (Wildman–Crippen MR) is 90.9 cm³/mol. The van der Waals surface area contributed by atoms with Crippen LogP contribution >= 0.6 is 0 Å². The monoisotopic (exact) mass is 306 g/mol. The molecule has 0 unspecified atom stereocenters. The Labute approximate surface area is 134 Å². The summed E-state index contributed by atoms with van der Waals surface area (Å²) in [4.78, 5) is 6.84. The molecule has 0 amide bonds. The number of nitrogens with one attached hydrogen (secondary N) is 2. The molecule has 0 bridgehead atoms. The summed E-state index contributed by atoms with van der Waals surface area (Å²) in [5.74, 6) is 1.76. The zero-order valence-electron chi connectivity index (χ0n) is 14.2. The molecule has 1 aromatic heterocycles. The van der Waals surface area contributed by atoms with Crippen molar-refractivity contribution in [2.24, 2.45) is 18.0 Å². The molecule has 6 heteroatoms. The summed E-state index contributed by atoms with van der Waals surface area (Å²) < 4.78 is 1.87. The standard InChI is InChI=1S/C16H30N6/c1-14-6-11-22(12-7-14)10-4-8-18-16(17-2)19-13-15-5-9-20-21(15)3/h5,9,14H,4,6-8,10-13H2,1-3H3,(H2,17,18,19). The maximum absolute atomic E-state index is 4.26. The Morgan fingerprint density at radius 3 is 2.77 bits per heavy atom. The number of guanidine groups is 1. The molecule has 1 saturated heterocycles. The summed E-state index contributed by atoms with van der Waals surface area (Å²) in [7, 11) is 3.76. The largest absolute Gasteiger partial charge is 0.356 e. The van der Waals surface area contributed by atoms with Crippen LogP contribution in [0.15, 0.2) is 17.3 Å². The topological polar surface area (TPSA) is 57.5 Å². The molecule has 124 valence electrons. The zero-order chi connectivity index (χ0) is 15.8. The van der Waals surface area contributed by atoms with Crippen LogP contribution in [0.25, 0.3) is 0 Å². The van der Waals surface area contributed by atoms with Gasteiger partial charge in [-0.15, -0.1) is 0 Å². The third-order valence-corrected chi connectivity index (χ3v) is 4.40. The van der Waals surface area contributed by atoms with E-state index in [2.05, 4.69) is 32.5 Å². The second-order valence-corrected chi connectivity index (χ2v) is 6.18. The van der Waals surface area contributed by atoms with E-state index in [0.717, 1.165) is 37.1 Å². The maximum Gasteiger partial charge on any atom is 0.191 e. The van der Waals surface area contributed by atoms with Crippen LogP contribution in [-0.4, -0.2) is 53.9 Å². The van der Waals surface area contributed by atoms with Crippen LogP contribution in [0.3, 0.4) is 0 Å². The van der Waals surface area contributed by atoms with Gasteiger partial charge < -0.3 is 15.5 Å². The molecule has 0 saturated carbocycles. The van der Waals surface area contributed by atoms with Gasteiger partial charge >= 0.3 is 0 Å². The highest BCUT2D eigenvalue weighted by atomic mass is 15.3. The first-order valence-corrected chi connectivity index (χ1v) is 8.33. The quantitative estimate of drug-likeness (QED) is 0.471. The molecule has 1 aliphatic rings. The van der Waals surface area contributed by atoms with Gasteiger partial charge in [0, 0.05) is 26.8 Å². The fourth-order valence-corrected chi connectivity index (χ4v) is 2.76. The highest BCUT2D eigenvalue weighted by Crippen LogP contribution is 2.15. The number of likely N-dealkylation sites (tertiary alicyclic amines) is 1. The number of hydrogen-bond donors (Lipinski definition) is 2. The van der Waals surface area contributed by atoms with Gasteiger partial charge in [-0.3, -0.25) is 9.67 Å². The van der Waals surface area contributed by atoms with Crippen LogP contribution in [0.2, 0.25) is 0 Å². The van der Waals surface area contributed by atoms with Crippen LogP contribution in [-0.2, 0) is 13.6 Å². The number of nitrogens with zero attached hydrogens (tertiary/aromatic N) is 4. The Bertz CT molecular complexity index is 459. The summed E-state index contributed by atoms with van der Waals surface area (Å²) in [5, 5.41) is 10.9. The van der Waals surface area contributed by atoms with E-state index in [1.54, 1.807) is 0 Å². The minimum absolute atomic E-state index is 0.736. The Hall–Kier alpha value is -1.56. The predicted octanol–water partition coefficient (Wildman–Crippen LogP) is 1.21. The molecule has 0 aliphatic carbocycles. The average molecular weight is 306 g/mol. The minimum Gasteiger partial charge on any atom is -0.356 e. The van der Waals surface area contributed by atoms with Gasteiger partial charge in [0.25, 0.3) is 0 Å². The van der Waals surface area contributed by atoms with E-state index in [1.165, 1.54) is 32.5 Å². The van der Waals surface area contributed by atoms with Gasteiger partial charge in [0.1, 0.15) is 0 Å². The van der Waals surface area contributed by atoms with E-state index >= 15 is 0 Å². The molecule has 0 aromatic carbocycles. The molecular formula is C16H30N6. The van der Waals surface area contributed by atoms with E-state index in [0.29, 0.717) is 0 Å². The van der Waals surface area contributed by atoms with Crippen molar-refractivity contribution in [2.75, 3.05) is 33.2 Å². The summed E-state index contributed by atoms with van der Waals surface area (Å²) in [6.07, 6.45) is 5.66. The highest BCUT2D eigenvalue weighted by molar-refractivity contribution is 5.79. The van der Waals surface area contributed by atoms with Crippen LogP contribution in [0.1, 0.15) is 31.9 Å². The Morgan fingerprint density at radius 1 is 1.36 bits per heavy atom. The number of hydrogen-bond acceptors (Lipinski definition) is 3. The molecule has 6 nitrogen and oxygen atoms in total. The third-order valence-electron chi connectivity index (χ3n) is 4.40. The van der Waals surface area contributed by atoms with E-state index in [4.69, 9.17) is 0 Å². The van der Waals surface area contributed by atoms with Crippen molar-refractivity contribution >= 4 is 5.96 Å². The lowest BCUT2D eigenvalue weighted by Gasteiger charge is -2.30. The maximum atomic E-state index is 4.26. The first-order valence-electron chi connectivity index (χ1n) is 8.33. The van der Waals surface area contributed by atoms with Crippen LogP contribution in [0, 0.1) is 5.92 Å². The van der Waals surface area contributed by atoms with E-state index in [-0.39, 0.29) is 0 Å². The normalized spacial score (nSPS) is 17.7. The van der Waals surface area contributed by atoms with Gasteiger partial charge in [0.15, 0.2) is 5.96 Å². The van der Waals surface area contributed by atoms with Crippen molar-refractivity contribution in [3.8, 4) is 0 Å². The molecule has 2 heterocycles. The smallest absolute Gasteiger partial charge is 0.191 e. The number of aliphatic imine (C=N–C) groups is 1. The fourth-order valence-electron chi connectivity index (χ4n) is 2.76. The Balaban J connectivity index is 1.59. The summed E-state index contributed by atoms with van der Waals surface area (Å²) in [5.41, 5.74) is 1.14. The fraction of sp³-hybridized carbons (Fsp3) is 0.750. The van der Waals surface area contributed by atoms with Gasteiger partial charge in [0.05, 0.1) is 12.2 Å². The van der Waals surface area contributed by atoms with Crippen molar-refractivity contribution in [3.05, 3.63) is 18.0 Å². The SMILES string of the molecule is CN=C(NCCCN1CCC(C)CC1)NCc1ccnn1C. The first-order chi connectivity index (χ1) is 10.7. The molecule has 22 heavy (non-hydrogen) atoms. The van der Waals surface area contributed by atoms with Gasteiger partial charge in [-0.2, -0.15) is 5.10 Å². The lowest BCUT2D eigenvalue weighted by Crippen LogP contribution is -2.39. The molecule has 1 aliphatic heterocycles. The van der Waals surface area contributed by atoms with Crippen molar-refractivity contribution in [2.45, 2.75) is 32.7 Å². The van der Waals surface area contributed by atoms with Crippen molar-refractivity contribution < 1.29 is 0 Å². The number of piperidine rings is 1. The minimum atomic E-state index is 0.736. The second-order valence-electron chi connectivity index (χ2n) is 6.18. The molecule has 0 spiro atoms. The second kappa shape index (κ2) is 8.78. The van der Waals surface area contributed by atoms with E-state index in [9.17, 15) is 0 Å². The van der Waals surface area contributed by atoms with Crippen LogP contribution in [0.5, 0.6) is 0 Å². The van der Waals surface area contributed by atoms with Crippen molar-refractivity contribution in [1.82, 2.24) is 25.3 Å². The molecular weight excluding hydrogens is 276 g/mol.